The SMILES string of the molecule is CCCCOc1nc(N)c2ncc(Cc3ccc(N4CCCCC4)c(C(C)C)c3)n2n1. The average Bonchev–Trinajstić information content (AvgIpc) is 3.17. The predicted octanol–water partition coefficient (Wildman–Crippen LogP) is 4.59. The molecule has 3 aromatic rings. The molecule has 0 atom stereocenters. The lowest BCUT2D eigenvalue weighted by atomic mass is 9.95. The summed E-state index contributed by atoms with van der Waals surface area (Å²) >= 11 is 0. The molecule has 31 heavy (non-hydrogen) atoms. The first-order valence-corrected chi connectivity index (χ1v) is 11.6. The van der Waals surface area contributed by atoms with Gasteiger partial charge < -0.3 is 15.4 Å². The topological polar surface area (TPSA) is 81.6 Å². The van der Waals surface area contributed by atoms with Crippen LogP contribution in [0.25, 0.3) is 5.65 Å². The van der Waals surface area contributed by atoms with E-state index in [9.17, 15) is 0 Å². The average molecular weight is 423 g/mol. The highest BCUT2D eigenvalue weighted by molar-refractivity contribution is 5.60. The van der Waals surface area contributed by atoms with Gasteiger partial charge in [0.05, 0.1) is 18.5 Å². The molecule has 2 N–H and O–H groups in total. The summed E-state index contributed by atoms with van der Waals surface area (Å²) in [5.41, 5.74) is 11.7. The van der Waals surface area contributed by atoms with Crippen molar-refractivity contribution < 1.29 is 4.74 Å². The van der Waals surface area contributed by atoms with Crippen molar-refractivity contribution in [1.82, 2.24) is 19.6 Å². The van der Waals surface area contributed by atoms with Crippen LogP contribution in [-0.4, -0.2) is 39.3 Å². The van der Waals surface area contributed by atoms with Gasteiger partial charge in [-0.2, -0.15) is 4.98 Å². The number of rotatable bonds is 8. The third-order valence-electron chi connectivity index (χ3n) is 5.96. The number of imidazole rings is 1. The van der Waals surface area contributed by atoms with Crippen molar-refractivity contribution in [3.63, 3.8) is 0 Å². The van der Waals surface area contributed by atoms with Gasteiger partial charge in [0.2, 0.25) is 0 Å². The largest absolute Gasteiger partial charge is 0.462 e. The number of hydrogen-bond donors (Lipinski definition) is 1. The molecule has 1 aliphatic rings. The number of fused-ring (bicyclic) bond motifs is 1. The molecule has 1 fully saturated rings. The number of anilines is 2. The Morgan fingerprint density at radius 2 is 1.97 bits per heavy atom. The molecule has 0 unspecified atom stereocenters. The van der Waals surface area contributed by atoms with Gasteiger partial charge in [-0.3, -0.25) is 0 Å². The van der Waals surface area contributed by atoms with Gasteiger partial charge in [0, 0.05) is 25.2 Å². The summed E-state index contributed by atoms with van der Waals surface area (Å²) in [5.74, 6) is 0.812. The summed E-state index contributed by atoms with van der Waals surface area (Å²) in [6, 6.07) is 7.18. The lowest BCUT2D eigenvalue weighted by Crippen LogP contribution is -2.30. The number of nitrogen functional groups attached to an aromatic ring is 1. The molecule has 0 aliphatic carbocycles. The van der Waals surface area contributed by atoms with E-state index in [4.69, 9.17) is 10.5 Å². The second-order valence-electron chi connectivity index (χ2n) is 8.74. The minimum Gasteiger partial charge on any atom is -0.462 e. The van der Waals surface area contributed by atoms with E-state index in [1.165, 1.54) is 36.1 Å². The van der Waals surface area contributed by atoms with E-state index < -0.39 is 0 Å². The standard InChI is InChI=1S/C24H34N6O/c1-4-5-13-31-24-27-22(25)23-26-16-19(30(23)28-24)14-18-9-10-21(20(15-18)17(2)3)29-11-7-6-8-12-29/h9-10,15-17H,4-8,11-14H2,1-3H3,(H2,25,27,28). The normalized spacial score (nSPS) is 14.5. The van der Waals surface area contributed by atoms with Crippen LogP contribution in [0, 0.1) is 0 Å². The zero-order valence-corrected chi connectivity index (χ0v) is 19.0. The van der Waals surface area contributed by atoms with Gasteiger partial charge in [-0.1, -0.05) is 39.3 Å². The number of nitrogens with zero attached hydrogens (tertiary/aromatic N) is 5. The summed E-state index contributed by atoms with van der Waals surface area (Å²) in [5, 5.41) is 4.55. The van der Waals surface area contributed by atoms with Crippen molar-refractivity contribution >= 4 is 17.2 Å². The smallest absolute Gasteiger partial charge is 0.336 e. The molecule has 166 valence electrons. The quantitative estimate of drug-likeness (QED) is 0.535. The molecule has 7 heteroatoms. The van der Waals surface area contributed by atoms with Crippen LogP contribution in [0.15, 0.2) is 24.4 Å². The highest BCUT2D eigenvalue weighted by Crippen LogP contribution is 2.31. The van der Waals surface area contributed by atoms with E-state index >= 15 is 0 Å². The first-order chi connectivity index (χ1) is 15.1. The maximum atomic E-state index is 6.11. The summed E-state index contributed by atoms with van der Waals surface area (Å²) < 4.78 is 7.46. The summed E-state index contributed by atoms with van der Waals surface area (Å²) in [4.78, 5) is 11.2. The zero-order chi connectivity index (χ0) is 21.8. The van der Waals surface area contributed by atoms with Crippen molar-refractivity contribution in [2.45, 2.75) is 65.2 Å². The Morgan fingerprint density at radius 1 is 1.16 bits per heavy atom. The van der Waals surface area contributed by atoms with Crippen LogP contribution >= 0.6 is 0 Å². The third kappa shape index (κ3) is 4.75. The van der Waals surface area contributed by atoms with Crippen molar-refractivity contribution in [3.05, 3.63) is 41.2 Å². The van der Waals surface area contributed by atoms with Crippen LogP contribution < -0.4 is 15.4 Å². The van der Waals surface area contributed by atoms with Crippen molar-refractivity contribution in [2.75, 3.05) is 30.3 Å². The van der Waals surface area contributed by atoms with E-state index in [2.05, 4.69) is 58.9 Å². The van der Waals surface area contributed by atoms with Crippen LogP contribution in [0.5, 0.6) is 6.01 Å². The molecule has 7 nitrogen and oxygen atoms in total. The first kappa shape index (κ1) is 21.4. The molecule has 1 saturated heterocycles. The number of hydrogen-bond acceptors (Lipinski definition) is 6. The third-order valence-corrected chi connectivity index (χ3v) is 5.96. The molecule has 2 aromatic heterocycles. The van der Waals surface area contributed by atoms with Crippen LogP contribution in [0.4, 0.5) is 11.5 Å². The maximum Gasteiger partial charge on any atom is 0.336 e. The van der Waals surface area contributed by atoms with Crippen molar-refractivity contribution in [1.29, 1.82) is 0 Å². The van der Waals surface area contributed by atoms with Gasteiger partial charge >= 0.3 is 6.01 Å². The van der Waals surface area contributed by atoms with E-state index in [-0.39, 0.29) is 0 Å². The number of piperidine rings is 1. The molecular formula is C24H34N6O. The van der Waals surface area contributed by atoms with Gasteiger partial charge in [-0.15, -0.1) is 5.10 Å². The van der Waals surface area contributed by atoms with Gasteiger partial charge in [0.1, 0.15) is 0 Å². The van der Waals surface area contributed by atoms with E-state index in [1.807, 2.05) is 6.20 Å². The lowest BCUT2D eigenvalue weighted by Gasteiger charge is -2.32. The lowest BCUT2D eigenvalue weighted by molar-refractivity contribution is 0.280. The fourth-order valence-corrected chi connectivity index (χ4v) is 4.23. The molecule has 3 heterocycles. The summed E-state index contributed by atoms with van der Waals surface area (Å²) in [6.07, 6.45) is 8.49. The molecule has 0 radical (unpaired) electrons. The van der Waals surface area contributed by atoms with Crippen LogP contribution in [0.3, 0.4) is 0 Å². The Bertz CT molecular complexity index is 1020. The van der Waals surface area contributed by atoms with Crippen molar-refractivity contribution in [2.24, 2.45) is 0 Å². The Hall–Kier alpha value is -2.83. The minimum atomic E-state index is 0.306. The highest BCUT2D eigenvalue weighted by atomic mass is 16.5. The molecule has 1 aliphatic heterocycles. The molecule has 0 bridgehead atoms. The Balaban J connectivity index is 1.61. The second-order valence-corrected chi connectivity index (χ2v) is 8.74. The molecule has 4 rings (SSSR count). The summed E-state index contributed by atoms with van der Waals surface area (Å²) in [6.45, 7) is 9.56. The van der Waals surface area contributed by atoms with Gasteiger partial charge in [0.25, 0.3) is 0 Å². The number of benzene rings is 1. The summed E-state index contributed by atoms with van der Waals surface area (Å²) in [7, 11) is 0. The van der Waals surface area contributed by atoms with E-state index in [1.54, 1.807) is 4.52 Å². The highest BCUT2D eigenvalue weighted by Gasteiger charge is 2.18. The second kappa shape index (κ2) is 9.54. The van der Waals surface area contributed by atoms with E-state index in [0.717, 1.165) is 38.0 Å². The molecule has 0 spiro atoms. The number of nitrogens with two attached hydrogens (primary N) is 1. The van der Waals surface area contributed by atoms with Gasteiger partial charge in [-0.05, 0) is 48.8 Å². The van der Waals surface area contributed by atoms with Crippen LogP contribution in [0.1, 0.15) is 75.6 Å². The van der Waals surface area contributed by atoms with Crippen molar-refractivity contribution in [3.8, 4) is 6.01 Å². The zero-order valence-electron chi connectivity index (χ0n) is 19.0. The minimum absolute atomic E-state index is 0.306. The molecule has 0 saturated carbocycles. The number of aromatic nitrogens is 4. The van der Waals surface area contributed by atoms with E-state index in [0.29, 0.717) is 30.0 Å². The number of unbranched alkanes of at least 4 members (excludes halogenated alkanes) is 1. The predicted molar refractivity (Wildman–Crippen MR) is 125 cm³/mol. The van der Waals surface area contributed by atoms with Crippen LogP contribution in [-0.2, 0) is 6.42 Å². The Labute approximate surface area is 184 Å². The van der Waals surface area contributed by atoms with Gasteiger partial charge in [0.15, 0.2) is 11.5 Å². The first-order valence-electron chi connectivity index (χ1n) is 11.6. The maximum absolute atomic E-state index is 6.11. The molecule has 0 amide bonds. The van der Waals surface area contributed by atoms with Gasteiger partial charge in [-0.25, -0.2) is 9.50 Å². The fraction of sp³-hybridized carbons (Fsp3) is 0.542. The molecular weight excluding hydrogens is 388 g/mol. The number of ether oxygens (including phenoxy) is 1. The fourth-order valence-electron chi connectivity index (χ4n) is 4.23. The monoisotopic (exact) mass is 422 g/mol. The molecule has 1 aromatic carbocycles. The van der Waals surface area contributed by atoms with Crippen LogP contribution in [0.2, 0.25) is 0 Å². The Morgan fingerprint density at radius 3 is 2.71 bits per heavy atom. The Kier molecular flexibility index (Phi) is 6.59.